The third kappa shape index (κ3) is 5.81. The molecule has 0 radical (unpaired) electrons. The van der Waals surface area contributed by atoms with Gasteiger partial charge in [-0.05, 0) is 46.1 Å². The molecule has 1 aliphatic rings. The molecule has 2 amide bonds. The van der Waals surface area contributed by atoms with Crippen molar-refractivity contribution in [1.29, 1.82) is 0 Å². The van der Waals surface area contributed by atoms with E-state index in [1.54, 1.807) is 26.8 Å². The van der Waals surface area contributed by atoms with Gasteiger partial charge in [-0.2, -0.15) is 0 Å². The molecular weight excluding hydrogens is 296 g/mol. The van der Waals surface area contributed by atoms with Crippen LogP contribution in [0, 0.1) is 0 Å². The number of amides is 2. The first-order valence-electron chi connectivity index (χ1n) is 7.85. The fourth-order valence-electron chi connectivity index (χ4n) is 2.25. The molecule has 1 aromatic rings. The van der Waals surface area contributed by atoms with Gasteiger partial charge in [0.25, 0.3) is 5.91 Å². The molecule has 2 N–H and O–H groups in total. The number of nitrogens with one attached hydrogen (secondary N) is 2. The van der Waals surface area contributed by atoms with Crippen LogP contribution in [0.2, 0.25) is 0 Å². The minimum atomic E-state index is -0.550. The van der Waals surface area contributed by atoms with Crippen LogP contribution in [0.15, 0.2) is 28.9 Å². The summed E-state index contributed by atoms with van der Waals surface area (Å²) in [6.07, 6.45) is 8.08. The standard InChI is InChI=1S/C17H24N2O4/c1-17(2,3)23-16(21)18-10-14-9-12(11-22-14)15(20)19-13-7-5-4-6-8-13/h5,7,9,11,13H,4,6,8,10H2,1-3H3,(H,18,21)(H,19,20)/t13-/m1/s1. The average molecular weight is 320 g/mol. The molecule has 6 nitrogen and oxygen atoms in total. The predicted octanol–water partition coefficient (Wildman–Crippen LogP) is 3.14. The van der Waals surface area contributed by atoms with E-state index in [-0.39, 0.29) is 18.5 Å². The van der Waals surface area contributed by atoms with Crippen molar-refractivity contribution in [3.8, 4) is 0 Å². The van der Waals surface area contributed by atoms with Gasteiger partial charge in [-0.3, -0.25) is 4.79 Å². The second-order valence-electron chi connectivity index (χ2n) is 6.60. The van der Waals surface area contributed by atoms with Crippen molar-refractivity contribution in [3.63, 3.8) is 0 Å². The van der Waals surface area contributed by atoms with Crippen LogP contribution in [0.4, 0.5) is 4.79 Å². The molecule has 1 aromatic heterocycles. The minimum absolute atomic E-state index is 0.0782. The van der Waals surface area contributed by atoms with Gasteiger partial charge in [0.15, 0.2) is 0 Å². The highest BCUT2D eigenvalue weighted by Crippen LogP contribution is 2.13. The number of carbonyl (C=O) groups is 2. The van der Waals surface area contributed by atoms with Crippen molar-refractivity contribution in [3.05, 3.63) is 35.8 Å². The zero-order valence-electron chi connectivity index (χ0n) is 13.8. The monoisotopic (exact) mass is 320 g/mol. The number of allylic oxidation sites excluding steroid dienone is 1. The largest absolute Gasteiger partial charge is 0.467 e. The third-order valence-electron chi connectivity index (χ3n) is 3.29. The summed E-state index contributed by atoms with van der Waals surface area (Å²) in [5, 5.41) is 5.54. The summed E-state index contributed by atoms with van der Waals surface area (Å²) in [4.78, 5) is 23.7. The summed E-state index contributed by atoms with van der Waals surface area (Å²) < 4.78 is 10.4. The Morgan fingerprint density at radius 3 is 2.83 bits per heavy atom. The molecule has 0 saturated heterocycles. The molecule has 6 heteroatoms. The highest BCUT2D eigenvalue weighted by Gasteiger charge is 2.18. The Hall–Kier alpha value is -2.24. The van der Waals surface area contributed by atoms with Gasteiger partial charge in [0, 0.05) is 6.04 Å². The molecule has 2 rings (SSSR count). The Balaban J connectivity index is 1.82. The van der Waals surface area contributed by atoms with Gasteiger partial charge in [-0.25, -0.2) is 4.79 Å². The van der Waals surface area contributed by atoms with E-state index in [0.29, 0.717) is 11.3 Å². The van der Waals surface area contributed by atoms with E-state index in [0.717, 1.165) is 19.3 Å². The molecule has 23 heavy (non-hydrogen) atoms. The van der Waals surface area contributed by atoms with E-state index in [1.807, 2.05) is 6.08 Å². The van der Waals surface area contributed by atoms with Crippen LogP contribution in [0.1, 0.15) is 56.2 Å². The van der Waals surface area contributed by atoms with E-state index in [2.05, 4.69) is 16.7 Å². The number of carbonyl (C=O) groups excluding carboxylic acids is 2. The topological polar surface area (TPSA) is 80.6 Å². The van der Waals surface area contributed by atoms with E-state index >= 15 is 0 Å². The lowest BCUT2D eigenvalue weighted by molar-refractivity contribution is 0.0519. The second kappa shape index (κ2) is 7.35. The summed E-state index contributed by atoms with van der Waals surface area (Å²) in [5.74, 6) is 0.328. The molecule has 1 aliphatic carbocycles. The van der Waals surface area contributed by atoms with Crippen LogP contribution in [0.3, 0.4) is 0 Å². The molecule has 0 saturated carbocycles. The Kier molecular flexibility index (Phi) is 5.47. The first kappa shape index (κ1) is 17.1. The lowest BCUT2D eigenvalue weighted by atomic mass is 10.0. The van der Waals surface area contributed by atoms with Crippen molar-refractivity contribution in [1.82, 2.24) is 10.6 Å². The Morgan fingerprint density at radius 1 is 1.39 bits per heavy atom. The van der Waals surface area contributed by atoms with Gasteiger partial charge in [0.2, 0.25) is 0 Å². The summed E-state index contributed by atoms with van der Waals surface area (Å²) in [6, 6.07) is 1.70. The number of alkyl carbamates (subject to hydrolysis) is 1. The van der Waals surface area contributed by atoms with Gasteiger partial charge in [0.05, 0.1) is 12.1 Å². The molecule has 1 heterocycles. The Labute approximate surface area is 136 Å². The van der Waals surface area contributed by atoms with Crippen LogP contribution in [0.25, 0.3) is 0 Å². The maximum atomic E-state index is 12.1. The SMILES string of the molecule is CC(C)(C)OC(=O)NCc1cc(C(=O)N[C@@H]2C=CCCC2)co1. The van der Waals surface area contributed by atoms with Gasteiger partial charge < -0.3 is 19.8 Å². The van der Waals surface area contributed by atoms with E-state index in [1.165, 1.54) is 6.26 Å². The molecule has 0 unspecified atom stereocenters. The summed E-state index contributed by atoms with van der Waals surface area (Å²) in [7, 11) is 0. The van der Waals surface area contributed by atoms with E-state index in [9.17, 15) is 9.59 Å². The molecular formula is C17H24N2O4. The van der Waals surface area contributed by atoms with Crippen LogP contribution >= 0.6 is 0 Å². The molecule has 126 valence electrons. The average Bonchev–Trinajstić information content (AvgIpc) is 2.93. The summed E-state index contributed by atoms with van der Waals surface area (Å²) in [6.45, 7) is 5.55. The van der Waals surface area contributed by atoms with Crippen LogP contribution in [0.5, 0.6) is 0 Å². The van der Waals surface area contributed by atoms with Crippen molar-refractivity contribution < 1.29 is 18.7 Å². The fourth-order valence-corrected chi connectivity index (χ4v) is 2.25. The molecule has 0 bridgehead atoms. The van der Waals surface area contributed by atoms with Crippen molar-refractivity contribution in [2.75, 3.05) is 0 Å². The minimum Gasteiger partial charge on any atom is -0.467 e. The molecule has 0 aliphatic heterocycles. The number of hydrogen-bond donors (Lipinski definition) is 2. The maximum absolute atomic E-state index is 12.1. The quantitative estimate of drug-likeness (QED) is 0.835. The lowest BCUT2D eigenvalue weighted by Crippen LogP contribution is -2.34. The van der Waals surface area contributed by atoms with Crippen molar-refractivity contribution in [2.45, 2.75) is 58.2 Å². The highest BCUT2D eigenvalue weighted by molar-refractivity contribution is 5.94. The normalized spacial score (nSPS) is 17.6. The van der Waals surface area contributed by atoms with Crippen LogP contribution < -0.4 is 10.6 Å². The third-order valence-corrected chi connectivity index (χ3v) is 3.29. The lowest BCUT2D eigenvalue weighted by Gasteiger charge is -2.19. The molecule has 0 aromatic carbocycles. The molecule has 0 spiro atoms. The van der Waals surface area contributed by atoms with Gasteiger partial charge in [0.1, 0.15) is 17.6 Å². The number of ether oxygens (including phenoxy) is 1. The summed E-state index contributed by atoms with van der Waals surface area (Å²) >= 11 is 0. The Morgan fingerprint density at radius 2 is 2.17 bits per heavy atom. The smallest absolute Gasteiger partial charge is 0.408 e. The highest BCUT2D eigenvalue weighted by atomic mass is 16.6. The van der Waals surface area contributed by atoms with Gasteiger partial charge >= 0.3 is 6.09 Å². The number of hydrogen-bond acceptors (Lipinski definition) is 4. The maximum Gasteiger partial charge on any atom is 0.408 e. The Bertz CT molecular complexity index is 584. The fraction of sp³-hybridized carbons (Fsp3) is 0.529. The number of furan rings is 1. The van der Waals surface area contributed by atoms with Gasteiger partial charge in [-0.1, -0.05) is 12.2 Å². The first-order chi connectivity index (χ1) is 10.8. The zero-order chi connectivity index (χ0) is 16.9. The van der Waals surface area contributed by atoms with E-state index < -0.39 is 11.7 Å². The van der Waals surface area contributed by atoms with Crippen LogP contribution in [-0.4, -0.2) is 23.6 Å². The predicted molar refractivity (Wildman–Crippen MR) is 86.0 cm³/mol. The van der Waals surface area contributed by atoms with Gasteiger partial charge in [-0.15, -0.1) is 0 Å². The van der Waals surface area contributed by atoms with E-state index in [4.69, 9.17) is 9.15 Å². The summed E-state index contributed by atoms with van der Waals surface area (Å²) in [5.41, 5.74) is -0.101. The molecule has 0 fully saturated rings. The number of rotatable bonds is 4. The molecule has 1 atom stereocenters. The zero-order valence-corrected chi connectivity index (χ0v) is 13.8. The van der Waals surface area contributed by atoms with Crippen molar-refractivity contribution >= 4 is 12.0 Å². The second-order valence-corrected chi connectivity index (χ2v) is 6.60. The van der Waals surface area contributed by atoms with Crippen molar-refractivity contribution in [2.24, 2.45) is 0 Å². The first-order valence-corrected chi connectivity index (χ1v) is 7.85. The van der Waals surface area contributed by atoms with Crippen LogP contribution in [-0.2, 0) is 11.3 Å².